The number of benzene rings is 3. The summed E-state index contributed by atoms with van der Waals surface area (Å²) < 4.78 is 38.2. The highest BCUT2D eigenvalue weighted by atomic mass is 32.2. The van der Waals surface area contributed by atoms with Gasteiger partial charge in [0.05, 0.1) is 37.1 Å². The quantitative estimate of drug-likeness (QED) is 0.306. The maximum absolute atomic E-state index is 13.2. The van der Waals surface area contributed by atoms with Gasteiger partial charge in [0.1, 0.15) is 0 Å². The van der Waals surface area contributed by atoms with Crippen LogP contribution in [0.3, 0.4) is 0 Å². The third-order valence-electron chi connectivity index (χ3n) is 7.44. The van der Waals surface area contributed by atoms with Crippen LogP contribution in [0.2, 0.25) is 0 Å². The summed E-state index contributed by atoms with van der Waals surface area (Å²) in [5.41, 5.74) is 2.83. The number of nitrogens with zero attached hydrogens (tertiary/aromatic N) is 1. The first-order valence-corrected chi connectivity index (χ1v) is 15.8. The molecule has 10 heteroatoms. The fourth-order valence-electron chi connectivity index (χ4n) is 5.12. The number of hydrogen-bond acceptors (Lipinski definition) is 6. The number of sulfonamides is 1. The van der Waals surface area contributed by atoms with Gasteiger partial charge in [-0.15, -0.1) is 0 Å². The number of ether oxygens (including phenoxy) is 2. The van der Waals surface area contributed by atoms with Gasteiger partial charge in [0, 0.05) is 19.6 Å². The van der Waals surface area contributed by atoms with Gasteiger partial charge >= 0.3 is 0 Å². The predicted octanol–water partition coefficient (Wildman–Crippen LogP) is 4.29. The second-order valence-corrected chi connectivity index (χ2v) is 12.4. The highest BCUT2D eigenvalue weighted by molar-refractivity contribution is 7.89. The molecule has 0 spiro atoms. The molecule has 1 saturated heterocycles. The molecule has 224 valence electrons. The van der Waals surface area contributed by atoms with Crippen molar-refractivity contribution in [3.05, 3.63) is 89.5 Å². The summed E-state index contributed by atoms with van der Waals surface area (Å²) in [7, 11) is -0.329. The van der Waals surface area contributed by atoms with E-state index in [1.807, 2.05) is 48.5 Å². The Morgan fingerprint density at radius 1 is 0.905 bits per heavy atom. The number of piperidine rings is 1. The van der Waals surface area contributed by atoms with Crippen molar-refractivity contribution in [1.82, 2.24) is 9.62 Å². The molecule has 3 aromatic rings. The molecule has 1 aliphatic heterocycles. The topological polar surface area (TPSA) is 114 Å². The van der Waals surface area contributed by atoms with Crippen LogP contribution in [-0.2, 0) is 27.7 Å². The molecule has 2 N–H and O–H groups in total. The van der Waals surface area contributed by atoms with Crippen molar-refractivity contribution in [2.24, 2.45) is 5.92 Å². The highest BCUT2D eigenvalue weighted by Gasteiger charge is 2.32. The Bertz CT molecular complexity index is 1460. The van der Waals surface area contributed by atoms with Crippen molar-refractivity contribution in [1.29, 1.82) is 0 Å². The Morgan fingerprint density at radius 2 is 1.64 bits per heavy atom. The molecule has 0 aliphatic carbocycles. The van der Waals surface area contributed by atoms with Gasteiger partial charge < -0.3 is 20.1 Å². The van der Waals surface area contributed by atoms with E-state index in [4.69, 9.17) is 9.47 Å². The van der Waals surface area contributed by atoms with Crippen LogP contribution >= 0.6 is 0 Å². The molecule has 1 unspecified atom stereocenters. The van der Waals surface area contributed by atoms with Crippen LogP contribution in [0.1, 0.15) is 40.7 Å². The lowest BCUT2D eigenvalue weighted by atomic mass is 9.98. The van der Waals surface area contributed by atoms with Crippen molar-refractivity contribution < 1.29 is 27.5 Å². The Kier molecular flexibility index (Phi) is 11.0. The molecule has 1 heterocycles. The molecule has 3 aromatic carbocycles. The van der Waals surface area contributed by atoms with Crippen molar-refractivity contribution in [3.8, 4) is 11.5 Å². The van der Waals surface area contributed by atoms with E-state index in [0.29, 0.717) is 67.9 Å². The Labute approximate surface area is 248 Å². The van der Waals surface area contributed by atoms with Crippen LogP contribution in [0.15, 0.2) is 72.8 Å². The predicted molar refractivity (Wildman–Crippen MR) is 164 cm³/mol. The number of hydrogen-bond donors (Lipinski definition) is 2. The fourth-order valence-corrected chi connectivity index (χ4v) is 6.70. The van der Waals surface area contributed by atoms with Gasteiger partial charge in [-0.25, -0.2) is 12.7 Å². The number of amides is 2. The lowest BCUT2D eigenvalue weighted by Gasteiger charge is -2.31. The number of methoxy groups -OCH3 is 2. The normalized spacial score (nSPS) is 15.5. The molecule has 0 bridgehead atoms. The first-order valence-electron chi connectivity index (χ1n) is 14.2. The summed E-state index contributed by atoms with van der Waals surface area (Å²) >= 11 is 0. The third kappa shape index (κ3) is 8.33. The number of rotatable bonds is 13. The number of carbonyl (C=O) groups excluding carboxylic acids is 2. The van der Waals surface area contributed by atoms with E-state index < -0.39 is 15.9 Å². The molecule has 1 aliphatic rings. The zero-order valence-electron chi connectivity index (χ0n) is 24.2. The zero-order valence-corrected chi connectivity index (χ0v) is 25.0. The fraction of sp³-hybridized carbons (Fsp3) is 0.375. The zero-order chi connectivity index (χ0) is 30.0. The molecule has 0 saturated carbocycles. The maximum Gasteiger partial charge on any atom is 0.253 e. The van der Waals surface area contributed by atoms with Gasteiger partial charge in [-0.05, 0) is 67.5 Å². The Morgan fingerprint density at radius 3 is 2.40 bits per heavy atom. The van der Waals surface area contributed by atoms with Crippen molar-refractivity contribution in [3.63, 3.8) is 0 Å². The second kappa shape index (κ2) is 14.8. The number of aryl methyl sites for hydroxylation is 1. The van der Waals surface area contributed by atoms with E-state index in [-0.39, 0.29) is 24.1 Å². The van der Waals surface area contributed by atoms with Gasteiger partial charge in [-0.3, -0.25) is 9.59 Å². The molecular weight excluding hydrogens is 554 g/mol. The maximum atomic E-state index is 13.2. The lowest BCUT2D eigenvalue weighted by molar-refractivity contribution is -0.120. The van der Waals surface area contributed by atoms with Crippen LogP contribution in [0, 0.1) is 5.92 Å². The molecule has 0 radical (unpaired) electrons. The molecule has 0 aromatic heterocycles. The summed E-state index contributed by atoms with van der Waals surface area (Å²) in [4.78, 5) is 26.3. The first kappa shape index (κ1) is 31.1. The minimum Gasteiger partial charge on any atom is -0.493 e. The molecule has 4 rings (SSSR count). The van der Waals surface area contributed by atoms with Crippen LogP contribution in [-0.4, -0.2) is 64.1 Å². The summed E-state index contributed by atoms with van der Waals surface area (Å²) in [5, 5.41) is 5.80. The summed E-state index contributed by atoms with van der Waals surface area (Å²) in [6.07, 6.45) is 2.98. The smallest absolute Gasteiger partial charge is 0.253 e. The SMILES string of the molecule is COc1ccc(CCNC(=O)c2ccccc2NC(=O)C2CCCN(S(=O)(=O)CCCc3ccccc3)C2)cc1OC. The standard InChI is InChI=1S/C32H39N3O6S/c1-40-29-17-16-25(22-30(29)41-2)18-19-33-32(37)27-14-6-7-15-28(27)34-31(36)26-13-8-20-35(23-26)42(38,39)21-9-12-24-10-4-3-5-11-24/h3-7,10-11,14-17,22,26H,8-9,12-13,18-21,23H2,1-2H3,(H,33,37)(H,34,36). The molecular formula is C32H39N3O6S. The van der Waals surface area contributed by atoms with Crippen LogP contribution < -0.4 is 20.1 Å². The van der Waals surface area contributed by atoms with E-state index in [0.717, 1.165) is 11.1 Å². The van der Waals surface area contributed by atoms with Crippen LogP contribution in [0.25, 0.3) is 0 Å². The van der Waals surface area contributed by atoms with Gasteiger partial charge in [-0.1, -0.05) is 48.5 Å². The van der Waals surface area contributed by atoms with Gasteiger partial charge in [0.15, 0.2) is 11.5 Å². The van der Waals surface area contributed by atoms with Gasteiger partial charge in [-0.2, -0.15) is 0 Å². The van der Waals surface area contributed by atoms with Gasteiger partial charge in [0.2, 0.25) is 15.9 Å². The van der Waals surface area contributed by atoms with Crippen molar-refractivity contribution in [2.45, 2.75) is 32.1 Å². The summed E-state index contributed by atoms with van der Waals surface area (Å²) in [5.74, 6) is 0.210. The third-order valence-corrected chi connectivity index (χ3v) is 9.36. The highest BCUT2D eigenvalue weighted by Crippen LogP contribution is 2.28. The van der Waals surface area contributed by atoms with E-state index in [9.17, 15) is 18.0 Å². The average Bonchev–Trinajstić information content (AvgIpc) is 3.01. The van der Waals surface area contributed by atoms with E-state index in [1.54, 1.807) is 38.5 Å². The Balaban J connectivity index is 1.31. The molecule has 1 atom stereocenters. The number of para-hydroxylation sites is 1. The van der Waals surface area contributed by atoms with Gasteiger partial charge in [0.25, 0.3) is 5.91 Å². The molecule has 42 heavy (non-hydrogen) atoms. The number of anilines is 1. The molecule has 2 amide bonds. The monoisotopic (exact) mass is 593 g/mol. The van der Waals surface area contributed by atoms with Crippen molar-refractivity contribution in [2.75, 3.05) is 44.9 Å². The lowest BCUT2D eigenvalue weighted by Crippen LogP contribution is -2.44. The largest absolute Gasteiger partial charge is 0.493 e. The van der Waals surface area contributed by atoms with E-state index in [1.165, 1.54) is 4.31 Å². The Hall–Kier alpha value is -3.89. The average molecular weight is 594 g/mol. The van der Waals surface area contributed by atoms with Crippen LogP contribution in [0.5, 0.6) is 11.5 Å². The summed E-state index contributed by atoms with van der Waals surface area (Å²) in [6, 6.07) is 22.2. The number of carbonyl (C=O) groups is 2. The second-order valence-electron chi connectivity index (χ2n) is 10.3. The number of nitrogens with one attached hydrogen (secondary N) is 2. The molecule has 1 fully saturated rings. The van der Waals surface area contributed by atoms with Crippen LogP contribution in [0.4, 0.5) is 5.69 Å². The van der Waals surface area contributed by atoms with E-state index >= 15 is 0 Å². The van der Waals surface area contributed by atoms with Crippen molar-refractivity contribution >= 4 is 27.5 Å². The molecule has 9 nitrogen and oxygen atoms in total. The minimum atomic E-state index is -3.48. The van der Waals surface area contributed by atoms with E-state index in [2.05, 4.69) is 10.6 Å². The minimum absolute atomic E-state index is 0.0442. The first-order chi connectivity index (χ1) is 20.3. The summed E-state index contributed by atoms with van der Waals surface area (Å²) in [6.45, 7) is 0.937.